The standard InChI is InChI=1S/C16H18N2O4/c19-15-8-6-11(18(21)22)9-14(15)17-13-7-5-10-3-1-2-4-12(10)16(13)20/h1,3,5-7,9,12,15-17,19-20H,2,4,8H2. The predicted molar refractivity (Wildman–Crippen MR) is 81.0 cm³/mol. The summed E-state index contributed by atoms with van der Waals surface area (Å²) in [6.45, 7) is 0. The van der Waals surface area contributed by atoms with Crippen molar-refractivity contribution in [1.29, 1.82) is 0 Å². The third-order valence-electron chi connectivity index (χ3n) is 4.25. The van der Waals surface area contributed by atoms with Crippen LogP contribution in [0.2, 0.25) is 0 Å². The van der Waals surface area contributed by atoms with Gasteiger partial charge >= 0.3 is 0 Å². The molecule has 0 radical (unpaired) electrons. The van der Waals surface area contributed by atoms with Crippen molar-refractivity contribution in [1.82, 2.24) is 5.32 Å². The molecule has 116 valence electrons. The molecule has 3 aliphatic rings. The van der Waals surface area contributed by atoms with E-state index in [4.69, 9.17) is 0 Å². The van der Waals surface area contributed by atoms with Gasteiger partial charge in [-0.3, -0.25) is 10.1 Å². The fourth-order valence-electron chi connectivity index (χ4n) is 3.01. The molecule has 3 aliphatic carbocycles. The monoisotopic (exact) mass is 302 g/mol. The molecular formula is C16H18N2O4. The fourth-order valence-corrected chi connectivity index (χ4v) is 3.01. The maximum Gasteiger partial charge on any atom is 0.267 e. The van der Waals surface area contributed by atoms with E-state index >= 15 is 0 Å². The molecule has 0 spiro atoms. The molecule has 22 heavy (non-hydrogen) atoms. The molecule has 0 aromatic carbocycles. The average Bonchev–Trinajstić information content (AvgIpc) is 2.52. The predicted octanol–water partition coefficient (Wildman–Crippen LogP) is 1.54. The van der Waals surface area contributed by atoms with Crippen LogP contribution in [0.15, 0.2) is 59.1 Å². The van der Waals surface area contributed by atoms with Gasteiger partial charge in [-0.1, -0.05) is 18.2 Å². The first kappa shape index (κ1) is 14.7. The van der Waals surface area contributed by atoms with E-state index in [-0.39, 0.29) is 18.0 Å². The zero-order valence-electron chi connectivity index (χ0n) is 12.0. The molecular weight excluding hydrogens is 284 g/mol. The largest absolute Gasteiger partial charge is 0.387 e. The number of nitrogens with zero attached hydrogens (tertiary/aromatic N) is 1. The van der Waals surface area contributed by atoms with Gasteiger partial charge in [0.05, 0.1) is 16.7 Å². The van der Waals surface area contributed by atoms with Crippen LogP contribution in [0.5, 0.6) is 0 Å². The highest BCUT2D eigenvalue weighted by Gasteiger charge is 2.30. The van der Waals surface area contributed by atoms with Crippen LogP contribution in [0, 0.1) is 16.0 Å². The van der Waals surface area contributed by atoms with Gasteiger partial charge in [0.15, 0.2) is 0 Å². The molecule has 0 aromatic rings. The fraction of sp³-hybridized carbons (Fsp3) is 0.375. The summed E-state index contributed by atoms with van der Waals surface area (Å²) in [7, 11) is 0. The minimum atomic E-state index is -0.826. The quantitative estimate of drug-likeness (QED) is 0.543. The number of nitro groups is 1. The summed E-state index contributed by atoms with van der Waals surface area (Å²) in [5.41, 5.74) is 1.96. The first-order valence-electron chi connectivity index (χ1n) is 7.34. The van der Waals surface area contributed by atoms with Gasteiger partial charge in [-0.25, -0.2) is 0 Å². The molecule has 3 N–H and O–H groups in total. The van der Waals surface area contributed by atoms with Gasteiger partial charge in [0.2, 0.25) is 0 Å². The van der Waals surface area contributed by atoms with E-state index in [1.54, 1.807) is 6.08 Å². The van der Waals surface area contributed by atoms with Gasteiger partial charge in [0.25, 0.3) is 5.70 Å². The number of hydrogen-bond acceptors (Lipinski definition) is 5. The summed E-state index contributed by atoms with van der Waals surface area (Å²) in [5.74, 6) is 0.0318. The smallest absolute Gasteiger partial charge is 0.267 e. The molecule has 0 saturated heterocycles. The van der Waals surface area contributed by atoms with E-state index in [1.165, 1.54) is 12.2 Å². The summed E-state index contributed by atoms with van der Waals surface area (Å²) in [6, 6.07) is 0. The zero-order valence-corrected chi connectivity index (χ0v) is 12.0. The van der Waals surface area contributed by atoms with Gasteiger partial charge < -0.3 is 15.5 Å². The average molecular weight is 302 g/mol. The number of allylic oxidation sites excluding steroid dienone is 5. The third-order valence-corrected chi connectivity index (χ3v) is 4.25. The lowest BCUT2D eigenvalue weighted by Crippen LogP contribution is -2.36. The van der Waals surface area contributed by atoms with Crippen LogP contribution in [-0.2, 0) is 0 Å². The summed E-state index contributed by atoms with van der Waals surface area (Å²) in [4.78, 5) is 10.4. The normalized spacial score (nSPS) is 30.5. The summed E-state index contributed by atoms with van der Waals surface area (Å²) in [5, 5.41) is 34.3. The molecule has 3 unspecified atom stereocenters. The number of hydrogen-bond donors (Lipinski definition) is 3. The number of aliphatic hydroxyl groups is 2. The second kappa shape index (κ2) is 5.90. The summed E-state index contributed by atoms with van der Waals surface area (Å²) in [6.07, 6.45) is 11.0. The van der Waals surface area contributed by atoms with Gasteiger partial charge in [-0.05, 0) is 30.6 Å². The molecule has 6 heteroatoms. The van der Waals surface area contributed by atoms with Crippen molar-refractivity contribution in [3.63, 3.8) is 0 Å². The number of rotatable bonds is 3. The van der Waals surface area contributed by atoms with E-state index in [2.05, 4.69) is 11.4 Å². The van der Waals surface area contributed by atoms with E-state index in [0.717, 1.165) is 18.4 Å². The van der Waals surface area contributed by atoms with Crippen LogP contribution in [0.3, 0.4) is 0 Å². The van der Waals surface area contributed by atoms with Gasteiger partial charge in [0, 0.05) is 24.1 Å². The molecule has 0 bridgehead atoms. The Hall–Kier alpha value is -2.18. The van der Waals surface area contributed by atoms with E-state index < -0.39 is 17.1 Å². The Labute approximate surface area is 128 Å². The minimum absolute atomic E-state index is 0.0318. The SMILES string of the molecule is O=[N+]([O-])C1=CCC(O)C(NC2=CC=C3C=CCCC3C2O)=C1. The van der Waals surface area contributed by atoms with E-state index in [0.29, 0.717) is 11.4 Å². The highest BCUT2D eigenvalue weighted by molar-refractivity contribution is 5.39. The lowest BCUT2D eigenvalue weighted by atomic mass is 9.80. The maximum absolute atomic E-state index is 10.9. The Morgan fingerprint density at radius 3 is 2.86 bits per heavy atom. The maximum atomic E-state index is 10.9. The van der Waals surface area contributed by atoms with Crippen molar-refractivity contribution >= 4 is 0 Å². The van der Waals surface area contributed by atoms with Gasteiger partial charge in [-0.2, -0.15) is 0 Å². The number of fused-ring (bicyclic) bond motifs is 1. The Balaban J connectivity index is 1.82. The van der Waals surface area contributed by atoms with Crippen LogP contribution < -0.4 is 5.32 Å². The molecule has 0 saturated carbocycles. The minimum Gasteiger partial charge on any atom is -0.387 e. The molecule has 0 heterocycles. The molecule has 3 atom stereocenters. The molecule has 3 rings (SSSR count). The van der Waals surface area contributed by atoms with Gasteiger partial charge in [-0.15, -0.1) is 0 Å². The highest BCUT2D eigenvalue weighted by atomic mass is 16.6. The number of nitrogens with one attached hydrogen (secondary N) is 1. The van der Waals surface area contributed by atoms with Crippen LogP contribution >= 0.6 is 0 Å². The second-order valence-electron chi connectivity index (χ2n) is 5.68. The molecule has 0 aliphatic heterocycles. The lowest BCUT2D eigenvalue weighted by molar-refractivity contribution is -0.419. The van der Waals surface area contributed by atoms with Crippen LogP contribution in [0.1, 0.15) is 19.3 Å². The second-order valence-corrected chi connectivity index (χ2v) is 5.68. The molecule has 0 fully saturated rings. The van der Waals surface area contributed by atoms with Crippen LogP contribution in [-0.4, -0.2) is 27.3 Å². The van der Waals surface area contributed by atoms with Gasteiger partial charge in [0.1, 0.15) is 6.10 Å². The van der Waals surface area contributed by atoms with Crippen molar-refractivity contribution in [3.05, 3.63) is 69.2 Å². The lowest BCUT2D eigenvalue weighted by Gasteiger charge is -2.32. The van der Waals surface area contributed by atoms with Crippen molar-refractivity contribution in [3.8, 4) is 0 Å². The first-order chi connectivity index (χ1) is 10.6. The first-order valence-corrected chi connectivity index (χ1v) is 7.34. The summed E-state index contributed by atoms with van der Waals surface area (Å²) >= 11 is 0. The van der Waals surface area contributed by atoms with Crippen LogP contribution in [0.25, 0.3) is 0 Å². The molecule has 0 aromatic heterocycles. The highest BCUT2D eigenvalue weighted by Crippen LogP contribution is 2.33. The molecule has 6 nitrogen and oxygen atoms in total. The van der Waals surface area contributed by atoms with E-state index in [9.17, 15) is 20.3 Å². The van der Waals surface area contributed by atoms with Crippen molar-refractivity contribution < 1.29 is 15.1 Å². The topological polar surface area (TPSA) is 95.6 Å². The summed E-state index contributed by atoms with van der Waals surface area (Å²) < 4.78 is 0. The van der Waals surface area contributed by atoms with E-state index in [1.807, 2.05) is 12.2 Å². The zero-order chi connectivity index (χ0) is 15.7. The van der Waals surface area contributed by atoms with Crippen molar-refractivity contribution in [2.24, 2.45) is 5.92 Å². The number of aliphatic hydroxyl groups excluding tert-OH is 2. The third kappa shape index (κ3) is 2.75. The molecule has 0 amide bonds. The Bertz CT molecular complexity index is 643. The van der Waals surface area contributed by atoms with Crippen molar-refractivity contribution in [2.75, 3.05) is 0 Å². The van der Waals surface area contributed by atoms with Crippen LogP contribution in [0.4, 0.5) is 0 Å². The Morgan fingerprint density at radius 2 is 2.09 bits per heavy atom. The Kier molecular flexibility index (Phi) is 3.96. The Morgan fingerprint density at radius 1 is 1.27 bits per heavy atom. The van der Waals surface area contributed by atoms with Crippen molar-refractivity contribution in [2.45, 2.75) is 31.5 Å².